The van der Waals surface area contributed by atoms with Crippen LogP contribution in [-0.2, 0) is 0 Å². The van der Waals surface area contributed by atoms with Gasteiger partial charge >= 0.3 is 0 Å². The lowest BCUT2D eigenvalue weighted by Gasteiger charge is -2.31. The third kappa shape index (κ3) is 3.42. The van der Waals surface area contributed by atoms with Crippen molar-refractivity contribution in [2.24, 2.45) is 0 Å². The number of carbonyl (C=O) groups is 1. The van der Waals surface area contributed by atoms with Crippen molar-refractivity contribution in [1.29, 1.82) is 0 Å². The van der Waals surface area contributed by atoms with Crippen molar-refractivity contribution < 1.29 is 4.79 Å². The van der Waals surface area contributed by atoms with Gasteiger partial charge in [-0.2, -0.15) is 0 Å². The summed E-state index contributed by atoms with van der Waals surface area (Å²) in [7, 11) is 1.88. The monoisotopic (exact) mass is 322 g/mol. The first-order valence-electron chi connectivity index (χ1n) is 7.07. The number of hydrogen-bond acceptors (Lipinski definition) is 5. The Labute approximate surface area is 135 Å². The molecule has 1 N–H and O–H groups in total. The molecular formula is C14H19ClN6O. The molecule has 2 heterocycles. The number of carbonyl (C=O) groups excluding carboxylic acids is 1. The highest BCUT2D eigenvalue weighted by Crippen LogP contribution is 2.15. The Kier molecular flexibility index (Phi) is 5.46. The van der Waals surface area contributed by atoms with Crippen LogP contribution in [0.4, 0.5) is 0 Å². The predicted molar refractivity (Wildman–Crippen MR) is 84.4 cm³/mol. The van der Waals surface area contributed by atoms with Crippen LogP contribution >= 0.6 is 12.4 Å². The lowest BCUT2D eigenvalue weighted by molar-refractivity contribution is 0.0703. The highest BCUT2D eigenvalue weighted by molar-refractivity contribution is 5.94. The van der Waals surface area contributed by atoms with Crippen LogP contribution in [0.3, 0.4) is 0 Å². The second-order valence-corrected chi connectivity index (χ2v) is 5.20. The summed E-state index contributed by atoms with van der Waals surface area (Å²) in [5.41, 5.74) is 1.44. The zero-order valence-corrected chi connectivity index (χ0v) is 13.2. The van der Waals surface area contributed by atoms with Crippen LogP contribution in [0, 0.1) is 0 Å². The number of piperidine rings is 1. The average Bonchev–Trinajstić information content (AvgIpc) is 3.09. The molecule has 0 radical (unpaired) electrons. The number of hydrogen-bond donors (Lipinski definition) is 1. The Hall–Kier alpha value is -1.99. The molecule has 1 aromatic heterocycles. The van der Waals surface area contributed by atoms with E-state index in [4.69, 9.17) is 0 Å². The molecule has 0 aliphatic carbocycles. The topological polar surface area (TPSA) is 75.9 Å². The van der Waals surface area contributed by atoms with Gasteiger partial charge in [-0.3, -0.25) is 4.79 Å². The molecule has 7 nitrogen and oxygen atoms in total. The van der Waals surface area contributed by atoms with E-state index in [1.807, 2.05) is 36.2 Å². The zero-order valence-electron chi connectivity index (χ0n) is 12.3. The fraction of sp³-hybridized carbons (Fsp3) is 0.429. The maximum atomic E-state index is 12.6. The molecule has 1 amide bonds. The first kappa shape index (κ1) is 16.4. The number of aromatic nitrogens is 4. The van der Waals surface area contributed by atoms with E-state index < -0.39 is 0 Å². The highest BCUT2D eigenvalue weighted by atomic mass is 35.5. The van der Waals surface area contributed by atoms with Gasteiger partial charge in [0.1, 0.15) is 6.33 Å². The Bertz CT molecular complexity index is 612. The maximum absolute atomic E-state index is 12.6. The summed E-state index contributed by atoms with van der Waals surface area (Å²) in [6.07, 6.45) is 3.50. The molecule has 3 rings (SSSR count). The van der Waals surface area contributed by atoms with E-state index in [0.717, 1.165) is 31.6 Å². The highest BCUT2D eigenvalue weighted by Gasteiger charge is 2.23. The second-order valence-electron chi connectivity index (χ2n) is 5.20. The predicted octanol–water partition coefficient (Wildman–Crippen LogP) is 0.908. The number of amides is 1. The third-order valence-corrected chi connectivity index (χ3v) is 3.88. The molecule has 1 aliphatic heterocycles. The largest absolute Gasteiger partial charge is 0.339 e. The van der Waals surface area contributed by atoms with Crippen LogP contribution < -0.4 is 5.32 Å². The molecule has 1 saturated heterocycles. The molecule has 22 heavy (non-hydrogen) atoms. The van der Waals surface area contributed by atoms with E-state index in [9.17, 15) is 4.79 Å². The van der Waals surface area contributed by atoms with Crippen molar-refractivity contribution in [2.45, 2.75) is 18.9 Å². The van der Waals surface area contributed by atoms with Crippen LogP contribution in [0.1, 0.15) is 23.2 Å². The number of nitrogens with zero attached hydrogens (tertiary/aromatic N) is 5. The van der Waals surface area contributed by atoms with E-state index in [1.165, 1.54) is 6.33 Å². The van der Waals surface area contributed by atoms with E-state index >= 15 is 0 Å². The molecule has 2 aromatic rings. The second kappa shape index (κ2) is 7.33. The van der Waals surface area contributed by atoms with Crippen molar-refractivity contribution in [3.63, 3.8) is 0 Å². The molecule has 0 unspecified atom stereocenters. The summed E-state index contributed by atoms with van der Waals surface area (Å²) >= 11 is 0. The summed E-state index contributed by atoms with van der Waals surface area (Å²) in [4.78, 5) is 14.5. The van der Waals surface area contributed by atoms with Crippen LogP contribution in [0.2, 0.25) is 0 Å². The SMILES string of the molecule is CN(C(=O)c1cccc(-n2cnnn2)c1)C1CCNCC1.Cl. The standard InChI is InChI=1S/C14H18N6O.ClH/c1-19(12-5-7-15-8-6-12)14(21)11-3-2-4-13(9-11)20-10-16-17-18-20;/h2-4,9-10,12,15H,5-8H2,1H3;1H. The summed E-state index contributed by atoms with van der Waals surface area (Å²) in [5, 5.41) is 14.4. The van der Waals surface area contributed by atoms with E-state index in [0.29, 0.717) is 11.6 Å². The summed E-state index contributed by atoms with van der Waals surface area (Å²) in [6.45, 7) is 1.93. The van der Waals surface area contributed by atoms with Gasteiger partial charge in [0.2, 0.25) is 0 Å². The lowest BCUT2D eigenvalue weighted by Crippen LogP contribution is -2.43. The molecule has 0 atom stereocenters. The maximum Gasteiger partial charge on any atom is 0.253 e. The number of halogens is 1. The molecule has 118 valence electrons. The van der Waals surface area contributed by atoms with Crippen molar-refractivity contribution in [3.8, 4) is 5.69 Å². The third-order valence-electron chi connectivity index (χ3n) is 3.88. The first-order chi connectivity index (χ1) is 10.3. The fourth-order valence-electron chi connectivity index (χ4n) is 2.62. The minimum atomic E-state index is 0. The van der Waals surface area contributed by atoms with Crippen LogP contribution in [0.25, 0.3) is 5.69 Å². The molecule has 0 spiro atoms. The normalized spacial score (nSPS) is 15.1. The van der Waals surface area contributed by atoms with Gasteiger partial charge in [-0.05, 0) is 54.6 Å². The Balaban J connectivity index is 0.00000176. The minimum Gasteiger partial charge on any atom is -0.339 e. The molecule has 8 heteroatoms. The van der Waals surface area contributed by atoms with Gasteiger partial charge in [0, 0.05) is 18.7 Å². The fourth-order valence-corrected chi connectivity index (χ4v) is 2.62. The molecule has 1 aliphatic rings. The average molecular weight is 323 g/mol. The quantitative estimate of drug-likeness (QED) is 0.909. The summed E-state index contributed by atoms with van der Waals surface area (Å²) in [5.74, 6) is 0.0387. The van der Waals surface area contributed by atoms with Crippen molar-refractivity contribution in [1.82, 2.24) is 30.4 Å². The molecule has 0 bridgehead atoms. The molecule has 1 fully saturated rings. The zero-order chi connectivity index (χ0) is 14.7. The van der Waals surface area contributed by atoms with E-state index in [2.05, 4.69) is 20.8 Å². The number of benzene rings is 1. The Morgan fingerprint density at radius 1 is 1.36 bits per heavy atom. The summed E-state index contributed by atoms with van der Waals surface area (Å²) in [6, 6.07) is 7.66. The van der Waals surface area contributed by atoms with Gasteiger partial charge in [0.25, 0.3) is 5.91 Å². The van der Waals surface area contributed by atoms with Gasteiger partial charge < -0.3 is 10.2 Å². The number of rotatable bonds is 3. The van der Waals surface area contributed by atoms with Gasteiger partial charge in [0.05, 0.1) is 5.69 Å². The number of tetrazole rings is 1. The van der Waals surface area contributed by atoms with Crippen molar-refractivity contribution in [2.75, 3.05) is 20.1 Å². The van der Waals surface area contributed by atoms with Gasteiger partial charge in [-0.25, -0.2) is 4.68 Å². The van der Waals surface area contributed by atoms with Crippen LogP contribution in [0.15, 0.2) is 30.6 Å². The van der Waals surface area contributed by atoms with E-state index in [1.54, 1.807) is 4.68 Å². The van der Waals surface area contributed by atoms with Gasteiger partial charge in [-0.15, -0.1) is 17.5 Å². The van der Waals surface area contributed by atoms with E-state index in [-0.39, 0.29) is 18.3 Å². The number of nitrogens with one attached hydrogen (secondary N) is 1. The molecular weight excluding hydrogens is 304 g/mol. The minimum absolute atomic E-state index is 0. The van der Waals surface area contributed by atoms with Gasteiger partial charge in [0.15, 0.2) is 0 Å². The lowest BCUT2D eigenvalue weighted by atomic mass is 10.0. The molecule has 1 aromatic carbocycles. The van der Waals surface area contributed by atoms with Crippen molar-refractivity contribution >= 4 is 18.3 Å². The van der Waals surface area contributed by atoms with Crippen LogP contribution in [0.5, 0.6) is 0 Å². The Morgan fingerprint density at radius 3 is 2.82 bits per heavy atom. The summed E-state index contributed by atoms with van der Waals surface area (Å²) < 4.78 is 1.54. The Morgan fingerprint density at radius 2 is 2.14 bits per heavy atom. The van der Waals surface area contributed by atoms with Gasteiger partial charge in [-0.1, -0.05) is 6.07 Å². The first-order valence-corrected chi connectivity index (χ1v) is 7.07. The molecule has 0 saturated carbocycles. The smallest absolute Gasteiger partial charge is 0.253 e. The van der Waals surface area contributed by atoms with Crippen molar-refractivity contribution in [3.05, 3.63) is 36.2 Å². The van der Waals surface area contributed by atoms with Crippen LogP contribution in [-0.4, -0.2) is 57.2 Å².